The summed E-state index contributed by atoms with van der Waals surface area (Å²) in [6, 6.07) is 7.85. The van der Waals surface area contributed by atoms with Crippen LogP contribution < -0.4 is 0 Å². The highest BCUT2D eigenvalue weighted by atomic mass is 19.4. The molecule has 1 aromatic carbocycles. The Balaban J connectivity index is 2.42. The summed E-state index contributed by atoms with van der Waals surface area (Å²) in [7, 11) is 0. The lowest BCUT2D eigenvalue weighted by atomic mass is 10.1. The number of pyridine rings is 1. The largest absolute Gasteiger partial charge is 0.416 e. The van der Waals surface area contributed by atoms with Gasteiger partial charge in [-0.2, -0.15) is 13.2 Å². The third-order valence-electron chi connectivity index (χ3n) is 2.62. The van der Waals surface area contributed by atoms with E-state index in [4.69, 9.17) is 0 Å². The van der Waals surface area contributed by atoms with Crippen molar-refractivity contribution in [3.63, 3.8) is 0 Å². The number of carbonyl (C=O) groups excluding carboxylic acids is 1. The second kappa shape index (κ2) is 4.84. The van der Waals surface area contributed by atoms with E-state index in [1.807, 2.05) is 0 Å². The van der Waals surface area contributed by atoms with Crippen LogP contribution in [-0.2, 0) is 6.18 Å². The molecule has 0 bridgehead atoms. The third kappa shape index (κ3) is 2.99. The molecule has 0 N–H and O–H groups in total. The summed E-state index contributed by atoms with van der Waals surface area (Å²) >= 11 is 0. The predicted molar refractivity (Wildman–Crippen MR) is 64.8 cm³/mol. The number of alkyl halides is 3. The van der Waals surface area contributed by atoms with Gasteiger partial charge in [0.2, 0.25) is 0 Å². The molecule has 2 nitrogen and oxygen atoms in total. The molecule has 0 saturated heterocycles. The lowest BCUT2D eigenvalue weighted by Crippen LogP contribution is -2.04. The highest BCUT2D eigenvalue weighted by Crippen LogP contribution is 2.30. The minimum atomic E-state index is -4.35. The number of carbonyl (C=O) groups is 1. The maximum absolute atomic E-state index is 12.4. The Hall–Kier alpha value is -2.17. The van der Waals surface area contributed by atoms with Gasteiger partial charge in [0, 0.05) is 16.8 Å². The van der Waals surface area contributed by atoms with Gasteiger partial charge in [0.15, 0.2) is 0 Å². The second-order valence-corrected chi connectivity index (χ2v) is 4.12. The molecule has 0 saturated carbocycles. The Morgan fingerprint density at radius 3 is 2.26 bits per heavy atom. The third-order valence-corrected chi connectivity index (χ3v) is 2.62. The van der Waals surface area contributed by atoms with Crippen molar-refractivity contribution in [1.82, 2.24) is 4.98 Å². The second-order valence-electron chi connectivity index (χ2n) is 4.12. The van der Waals surface area contributed by atoms with Crippen LogP contribution in [0.3, 0.4) is 0 Å². The molecular weight excluding hydrogens is 255 g/mol. The molecule has 19 heavy (non-hydrogen) atoms. The zero-order chi connectivity index (χ0) is 14.0. The fourth-order valence-corrected chi connectivity index (χ4v) is 1.74. The van der Waals surface area contributed by atoms with Crippen LogP contribution in [0.25, 0.3) is 11.3 Å². The minimum Gasteiger partial charge on any atom is -0.298 e. The van der Waals surface area contributed by atoms with Gasteiger partial charge in [0.25, 0.3) is 0 Å². The first kappa shape index (κ1) is 13.3. The molecule has 1 heterocycles. The number of aryl methyl sites for hydroxylation is 1. The van der Waals surface area contributed by atoms with Crippen LogP contribution in [0.15, 0.2) is 36.4 Å². The summed E-state index contributed by atoms with van der Waals surface area (Å²) in [6.07, 6.45) is -3.67. The molecule has 0 fully saturated rings. The van der Waals surface area contributed by atoms with Crippen LogP contribution in [0.1, 0.15) is 21.6 Å². The number of halogens is 3. The Morgan fingerprint density at radius 2 is 1.74 bits per heavy atom. The molecule has 1 aromatic heterocycles. The van der Waals surface area contributed by atoms with Crippen molar-refractivity contribution in [2.24, 2.45) is 0 Å². The van der Waals surface area contributed by atoms with Gasteiger partial charge < -0.3 is 0 Å². The van der Waals surface area contributed by atoms with E-state index in [0.29, 0.717) is 28.8 Å². The van der Waals surface area contributed by atoms with Gasteiger partial charge in [0.05, 0.1) is 11.3 Å². The van der Waals surface area contributed by atoms with Crippen molar-refractivity contribution in [3.8, 4) is 11.3 Å². The molecule has 0 aliphatic heterocycles. The molecule has 0 spiro atoms. The summed E-state index contributed by atoms with van der Waals surface area (Å²) in [5.74, 6) is 0. The van der Waals surface area contributed by atoms with Crippen LogP contribution in [0, 0.1) is 6.92 Å². The van der Waals surface area contributed by atoms with E-state index in [1.54, 1.807) is 19.1 Å². The first-order valence-electron chi connectivity index (χ1n) is 5.51. The summed E-state index contributed by atoms with van der Waals surface area (Å²) in [6.45, 7) is 1.72. The van der Waals surface area contributed by atoms with Crippen LogP contribution >= 0.6 is 0 Å². The SMILES string of the molecule is Cc1cc(C=O)cc(-c2ccc(C(F)(F)F)cc2)n1. The fourth-order valence-electron chi connectivity index (χ4n) is 1.74. The van der Waals surface area contributed by atoms with Crippen molar-refractivity contribution < 1.29 is 18.0 Å². The van der Waals surface area contributed by atoms with Gasteiger partial charge in [-0.3, -0.25) is 9.78 Å². The van der Waals surface area contributed by atoms with Crippen molar-refractivity contribution in [2.45, 2.75) is 13.1 Å². The molecule has 0 aliphatic rings. The Labute approximate surface area is 107 Å². The summed E-state index contributed by atoms with van der Waals surface area (Å²) in [4.78, 5) is 15.0. The monoisotopic (exact) mass is 265 g/mol. The molecule has 98 valence electrons. The standard InChI is InChI=1S/C14H10F3NO/c1-9-6-10(8-19)7-13(18-9)11-2-4-12(5-3-11)14(15,16)17/h2-8H,1H3. The molecule has 2 aromatic rings. The summed E-state index contributed by atoms with van der Waals surface area (Å²) in [5.41, 5.74) is 1.40. The lowest BCUT2D eigenvalue weighted by Gasteiger charge is -2.08. The quantitative estimate of drug-likeness (QED) is 0.771. The zero-order valence-corrected chi connectivity index (χ0v) is 10.0. The smallest absolute Gasteiger partial charge is 0.298 e. The molecule has 5 heteroatoms. The van der Waals surface area contributed by atoms with E-state index in [2.05, 4.69) is 4.98 Å². The molecule has 0 atom stereocenters. The molecule has 0 unspecified atom stereocenters. The maximum atomic E-state index is 12.4. The average molecular weight is 265 g/mol. The van der Waals surface area contributed by atoms with Crippen LogP contribution in [0.2, 0.25) is 0 Å². The Kier molecular flexibility index (Phi) is 3.38. The number of aldehydes is 1. The summed E-state index contributed by atoms with van der Waals surface area (Å²) < 4.78 is 37.3. The van der Waals surface area contributed by atoms with E-state index in [-0.39, 0.29) is 0 Å². The maximum Gasteiger partial charge on any atom is 0.416 e. The number of benzene rings is 1. The highest BCUT2D eigenvalue weighted by molar-refractivity contribution is 5.78. The number of hydrogen-bond acceptors (Lipinski definition) is 2. The Morgan fingerprint density at radius 1 is 1.11 bits per heavy atom. The van der Waals surface area contributed by atoms with Gasteiger partial charge in [-0.1, -0.05) is 12.1 Å². The van der Waals surface area contributed by atoms with Crippen molar-refractivity contribution in [1.29, 1.82) is 0 Å². The zero-order valence-electron chi connectivity index (χ0n) is 10.0. The van der Waals surface area contributed by atoms with E-state index in [9.17, 15) is 18.0 Å². The van der Waals surface area contributed by atoms with E-state index >= 15 is 0 Å². The van der Waals surface area contributed by atoms with Crippen LogP contribution in [-0.4, -0.2) is 11.3 Å². The topological polar surface area (TPSA) is 30.0 Å². The first-order valence-corrected chi connectivity index (χ1v) is 5.51. The fraction of sp³-hybridized carbons (Fsp3) is 0.143. The van der Waals surface area contributed by atoms with Gasteiger partial charge in [0.1, 0.15) is 6.29 Å². The first-order chi connectivity index (χ1) is 8.90. The molecule has 0 amide bonds. The summed E-state index contributed by atoms with van der Waals surface area (Å²) in [5, 5.41) is 0. The van der Waals surface area contributed by atoms with Gasteiger partial charge in [-0.05, 0) is 31.2 Å². The number of hydrogen-bond donors (Lipinski definition) is 0. The average Bonchev–Trinajstić information content (AvgIpc) is 2.37. The van der Waals surface area contributed by atoms with Crippen molar-refractivity contribution in [3.05, 3.63) is 53.2 Å². The lowest BCUT2D eigenvalue weighted by molar-refractivity contribution is -0.137. The van der Waals surface area contributed by atoms with Gasteiger partial charge in [-0.15, -0.1) is 0 Å². The van der Waals surface area contributed by atoms with Crippen molar-refractivity contribution in [2.75, 3.05) is 0 Å². The molecular formula is C14H10F3NO. The highest BCUT2D eigenvalue weighted by Gasteiger charge is 2.29. The predicted octanol–water partition coefficient (Wildman–Crippen LogP) is 3.89. The molecule has 2 rings (SSSR count). The number of nitrogens with zero attached hydrogens (tertiary/aromatic N) is 1. The van der Waals surface area contributed by atoms with Gasteiger partial charge in [-0.25, -0.2) is 0 Å². The molecule has 0 radical (unpaired) electrons. The van der Waals surface area contributed by atoms with E-state index < -0.39 is 11.7 Å². The van der Waals surface area contributed by atoms with E-state index in [0.717, 1.165) is 12.1 Å². The van der Waals surface area contributed by atoms with Crippen molar-refractivity contribution >= 4 is 6.29 Å². The van der Waals surface area contributed by atoms with Gasteiger partial charge >= 0.3 is 6.18 Å². The van der Waals surface area contributed by atoms with Crippen LogP contribution in [0.4, 0.5) is 13.2 Å². The van der Waals surface area contributed by atoms with Crippen LogP contribution in [0.5, 0.6) is 0 Å². The van der Waals surface area contributed by atoms with E-state index in [1.165, 1.54) is 12.1 Å². The normalized spacial score (nSPS) is 11.4. The molecule has 0 aliphatic carbocycles. The minimum absolute atomic E-state index is 0.447. The number of aromatic nitrogens is 1. The Bertz CT molecular complexity index is 603. The number of rotatable bonds is 2.